The molecular weight excluding hydrogens is 730 g/mol. The molecule has 0 atom stereocenters. The number of carbonyl (C=O) groups excluding carboxylic acids is 1. The smallest absolute Gasteiger partial charge is 0.341 e. The molecule has 5 aromatic carbocycles. The molecule has 0 unspecified atom stereocenters. The van der Waals surface area contributed by atoms with Gasteiger partial charge in [0.15, 0.2) is 5.60 Å². The van der Waals surface area contributed by atoms with Crippen LogP contribution in [0.4, 0.5) is 11.4 Å². The van der Waals surface area contributed by atoms with E-state index in [1.54, 1.807) is 0 Å². The summed E-state index contributed by atoms with van der Waals surface area (Å²) in [6.07, 6.45) is 8.72. The van der Waals surface area contributed by atoms with Crippen molar-refractivity contribution in [3.63, 3.8) is 0 Å². The maximum Gasteiger partial charge on any atom is 0.341 e. The van der Waals surface area contributed by atoms with Crippen LogP contribution in [0.25, 0.3) is 11.1 Å². The van der Waals surface area contributed by atoms with Crippen LogP contribution in [0.2, 0.25) is 20.1 Å². The van der Waals surface area contributed by atoms with Crippen molar-refractivity contribution in [2.75, 3.05) is 36.0 Å². The minimum Gasteiger partial charge on any atom is -0.442 e. The number of hydrogen-bond donors (Lipinski definition) is 0. The Morgan fingerprint density at radius 2 is 0.904 bits per heavy atom. The number of nitrogens with zero attached hydrogens (tertiary/aromatic N) is 2. The normalized spacial score (nSPS) is 19.0. The Hall–Kier alpha value is -4.19. The van der Waals surface area contributed by atoms with E-state index in [9.17, 15) is 4.79 Å². The van der Waals surface area contributed by atoms with Crippen LogP contribution in [0.3, 0.4) is 0 Å². The second-order valence-electron chi connectivity index (χ2n) is 13.5. The van der Waals surface area contributed by atoms with E-state index in [0.29, 0.717) is 5.56 Å². The predicted molar refractivity (Wildman–Crippen MR) is 216 cm³/mol. The molecule has 0 saturated carbocycles. The Morgan fingerprint density at radius 1 is 0.519 bits per heavy atom. The van der Waals surface area contributed by atoms with Crippen molar-refractivity contribution in [2.45, 2.75) is 31.3 Å². The Morgan fingerprint density at radius 3 is 1.33 bits per heavy atom. The highest BCUT2D eigenvalue weighted by atomic mass is 35.5. The second-order valence-corrected chi connectivity index (χ2v) is 15.0. The van der Waals surface area contributed by atoms with Gasteiger partial charge in [-0.05, 0) is 95.5 Å². The molecule has 0 N–H and O–H groups in total. The van der Waals surface area contributed by atoms with Crippen LogP contribution in [-0.4, -0.2) is 32.1 Å². The first-order valence-electron chi connectivity index (χ1n) is 17.7. The van der Waals surface area contributed by atoms with Crippen LogP contribution in [-0.2, 0) is 10.3 Å². The van der Waals surface area contributed by atoms with E-state index in [1.807, 2.05) is 72.8 Å². The van der Waals surface area contributed by atoms with Crippen molar-refractivity contribution in [3.8, 4) is 0 Å². The number of hydrogen-bond acceptors (Lipinski definition) is 4. The van der Waals surface area contributed by atoms with Crippen LogP contribution in [0, 0.1) is 0 Å². The summed E-state index contributed by atoms with van der Waals surface area (Å²) in [6, 6.07) is 37.3. The number of rotatable bonds is 8. The van der Waals surface area contributed by atoms with E-state index in [0.717, 1.165) is 59.6 Å². The summed E-state index contributed by atoms with van der Waals surface area (Å²) >= 11 is 27.3. The van der Waals surface area contributed by atoms with E-state index in [1.165, 1.54) is 37.1 Å². The molecule has 0 bridgehead atoms. The van der Waals surface area contributed by atoms with Crippen molar-refractivity contribution in [3.05, 3.63) is 175 Å². The molecular formula is C44H36Cl4N2O2. The molecule has 2 saturated heterocycles. The molecule has 8 rings (SSSR count). The van der Waals surface area contributed by atoms with Crippen molar-refractivity contribution in [1.82, 2.24) is 0 Å². The number of fused-ring (bicyclic) bond motifs is 1. The van der Waals surface area contributed by atoms with Gasteiger partial charge in [-0.15, -0.1) is 0 Å². The van der Waals surface area contributed by atoms with Gasteiger partial charge < -0.3 is 14.5 Å². The molecule has 2 fully saturated rings. The molecule has 0 aliphatic carbocycles. The van der Waals surface area contributed by atoms with Crippen LogP contribution >= 0.6 is 46.4 Å². The molecule has 52 heavy (non-hydrogen) atoms. The monoisotopic (exact) mass is 764 g/mol. The van der Waals surface area contributed by atoms with Crippen molar-refractivity contribution < 1.29 is 9.53 Å². The number of esters is 1. The number of carbonyl (C=O) groups is 1. The summed E-state index contributed by atoms with van der Waals surface area (Å²) in [6.45, 7) is 4.19. The third-order valence-electron chi connectivity index (χ3n) is 10.3. The summed E-state index contributed by atoms with van der Waals surface area (Å²) in [4.78, 5) is 18.9. The largest absolute Gasteiger partial charge is 0.442 e. The predicted octanol–water partition coefficient (Wildman–Crippen LogP) is 12.1. The van der Waals surface area contributed by atoms with Crippen LogP contribution in [0.15, 0.2) is 121 Å². The average molecular weight is 767 g/mol. The fourth-order valence-electron chi connectivity index (χ4n) is 7.68. The van der Waals surface area contributed by atoms with E-state index >= 15 is 0 Å². The molecule has 0 amide bonds. The van der Waals surface area contributed by atoms with Crippen LogP contribution in [0.5, 0.6) is 0 Å². The van der Waals surface area contributed by atoms with E-state index in [-0.39, 0.29) is 25.7 Å². The quantitative estimate of drug-likeness (QED) is 0.0895. The second kappa shape index (κ2) is 14.7. The number of ether oxygens (including phenoxy) is 1. The van der Waals surface area contributed by atoms with Gasteiger partial charge >= 0.3 is 5.97 Å². The summed E-state index contributed by atoms with van der Waals surface area (Å²) < 4.78 is 6.55. The first-order chi connectivity index (χ1) is 25.3. The molecule has 0 spiro atoms. The van der Waals surface area contributed by atoms with Crippen molar-refractivity contribution in [1.29, 1.82) is 0 Å². The Kier molecular flexibility index (Phi) is 9.84. The third kappa shape index (κ3) is 6.52. The summed E-state index contributed by atoms with van der Waals surface area (Å²) in [5.41, 5.74) is 6.74. The lowest BCUT2D eigenvalue weighted by molar-refractivity contribution is 0.0300. The number of benzene rings is 5. The zero-order valence-corrected chi connectivity index (χ0v) is 31.5. The van der Waals surface area contributed by atoms with Crippen LogP contribution < -0.4 is 9.80 Å². The van der Waals surface area contributed by atoms with Crippen LogP contribution in [0.1, 0.15) is 63.9 Å². The van der Waals surface area contributed by atoms with Gasteiger partial charge in [-0.25, -0.2) is 4.79 Å². The van der Waals surface area contributed by atoms with Gasteiger partial charge in [0.05, 0.1) is 25.7 Å². The lowest BCUT2D eigenvalue weighted by Crippen LogP contribution is -2.23. The number of anilines is 2. The topological polar surface area (TPSA) is 32.8 Å². The van der Waals surface area contributed by atoms with Gasteiger partial charge in [0, 0.05) is 43.1 Å². The molecule has 3 aliphatic heterocycles. The standard InChI is InChI=1S/C44H36Cl4N2O2/c45-39-37-38(40(46)42(48)41(39)47)44(52-43(37)51,27-35(29-11-3-1-4-12-29)31-15-19-33(20-16-31)49-23-7-8-24-49)28-36(30-13-5-2-6-14-30)32-17-21-34(22-18-32)50-25-9-10-26-50/h1-6,11-22,27-28H,7-10,23-26H2. The molecule has 262 valence electrons. The van der Waals surface area contributed by atoms with Gasteiger partial charge in [0.2, 0.25) is 0 Å². The van der Waals surface area contributed by atoms with Gasteiger partial charge in [-0.3, -0.25) is 0 Å². The zero-order chi connectivity index (χ0) is 35.8. The van der Waals surface area contributed by atoms with E-state index in [4.69, 9.17) is 51.1 Å². The van der Waals surface area contributed by atoms with Crippen molar-refractivity contribution in [2.24, 2.45) is 0 Å². The van der Waals surface area contributed by atoms with Gasteiger partial charge in [-0.1, -0.05) is 131 Å². The SMILES string of the molecule is O=C1OC(C=C(c2ccccc2)c2ccc(N3CCCC3)cc2)(C=C(c2ccccc2)c2ccc(N3CCCC3)cc2)c2c(Cl)c(Cl)c(Cl)c(Cl)c21. The molecule has 3 heterocycles. The number of cyclic esters (lactones) is 1. The Labute approximate surface area is 324 Å². The first-order valence-corrected chi connectivity index (χ1v) is 19.2. The highest BCUT2D eigenvalue weighted by molar-refractivity contribution is 6.53. The Bertz CT molecular complexity index is 2060. The lowest BCUT2D eigenvalue weighted by Gasteiger charge is -2.27. The molecule has 5 aromatic rings. The zero-order valence-electron chi connectivity index (χ0n) is 28.4. The molecule has 0 aromatic heterocycles. The summed E-state index contributed by atoms with van der Waals surface area (Å²) in [7, 11) is 0. The van der Waals surface area contributed by atoms with Crippen molar-refractivity contribution >= 4 is 74.9 Å². The molecule has 0 radical (unpaired) electrons. The summed E-state index contributed by atoms with van der Waals surface area (Å²) in [5, 5.41) is 0.184. The van der Waals surface area contributed by atoms with Gasteiger partial charge in [0.1, 0.15) is 0 Å². The first kappa shape index (κ1) is 34.9. The minimum absolute atomic E-state index is 0.00666. The highest BCUT2D eigenvalue weighted by Crippen LogP contribution is 2.53. The molecule has 4 nitrogen and oxygen atoms in total. The average Bonchev–Trinajstić information content (AvgIpc) is 3.98. The fraction of sp³-hybridized carbons (Fsp3) is 0.205. The lowest BCUT2D eigenvalue weighted by atomic mass is 9.83. The minimum atomic E-state index is -1.54. The van der Waals surface area contributed by atoms with Gasteiger partial charge in [-0.2, -0.15) is 0 Å². The highest BCUT2D eigenvalue weighted by Gasteiger charge is 2.48. The fourth-order valence-corrected chi connectivity index (χ4v) is 8.75. The molecule has 8 heteroatoms. The van der Waals surface area contributed by atoms with E-state index in [2.05, 4.69) is 58.3 Å². The maximum absolute atomic E-state index is 14.1. The molecule has 3 aliphatic rings. The number of halogens is 4. The van der Waals surface area contributed by atoms with E-state index < -0.39 is 11.6 Å². The maximum atomic E-state index is 14.1. The third-order valence-corrected chi connectivity index (χ3v) is 12.1. The Balaban J connectivity index is 1.39. The summed E-state index contributed by atoms with van der Waals surface area (Å²) in [5.74, 6) is -0.637. The van der Waals surface area contributed by atoms with Gasteiger partial charge in [0.25, 0.3) is 0 Å².